The van der Waals surface area contributed by atoms with Crippen molar-refractivity contribution >= 4 is 23.2 Å². The third kappa shape index (κ3) is 2.13. The zero-order valence-electron chi connectivity index (χ0n) is 6.43. The number of hydrogen-bond acceptors (Lipinski definition) is 1. The van der Waals surface area contributed by atoms with E-state index in [0.717, 1.165) is 5.56 Å². The minimum absolute atomic E-state index is 0.0277. The minimum Gasteiger partial charge on any atom is -0.396 e. The molecule has 1 radical (unpaired) electrons. The number of rotatable bonds is 2. The smallest absolute Gasteiger partial charge is 0.0500 e. The number of aliphatic hydroxyl groups is 1. The molecule has 0 amide bonds. The summed E-state index contributed by atoms with van der Waals surface area (Å²) >= 11 is 11.6. The van der Waals surface area contributed by atoms with Crippen molar-refractivity contribution < 1.29 is 5.11 Å². The van der Waals surface area contributed by atoms with Gasteiger partial charge in [-0.3, -0.25) is 0 Å². The average Bonchev–Trinajstić information content (AvgIpc) is 2.08. The molecule has 3 heteroatoms. The van der Waals surface area contributed by atoms with Crippen LogP contribution in [0.1, 0.15) is 11.5 Å². The Morgan fingerprint density at radius 2 is 2.08 bits per heavy atom. The first-order chi connectivity index (χ1) is 5.65. The summed E-state index contributed by atoms with van der Waals surface area (Å²) in [7, 11) is 0. The van der Waals surface area contributed by atoms with Crippen LogP contribution in [0.2, 0.25) is 10.0 Å². The fourth-order valence-corrected chi connectivity index (χ4v) is 1.38. The highest BCUT2D eigenvalue weighted by Crippen LogP contribution is 2.26. The molecule has 1 aromatic rings. The van der Waals surface area contributed by atoms with Gasteiger partial charge in [-0.05, 0) is 30.7 Å². The van der Waals surface area contributed by atoms with Crippen LogP contribution >= 0.6 is 23.2 Å². The van der Waals surface area contributed by atoms with E-state index in [1.54, 1.807) is 18.2 Å². The van der Waals surface area contributed by atoms with Gasteiger partial charge in [-0.2, -0.15) is 0 Å². The first kappa shape index (κ1) is 9.85. The Labute approximate surface area is 81.9 Å². The van der Waals surface area contributed by atoms with Crippen LogP contribution in [-0.4, -0.2) is 11.7 Å². The van der Waals surface area contributed by atoms with Gasteiger partial charge in [0.15, 0.2) is 0 Å². The molecule has 0 spiro atoms. The lowest BCUT2D eigenvalue weighted by atomic mass is 10.0. The summed E-state index contributed by atoms with van der Waals surface area (Å²) in [6.45, 7) is 3.71. The van der Waals surface area contributed by atoms with Gasteiger partial charge in [-0.1, -0.05) is 23.2 Å². The van der Waals surface area contributed by atoms with Crippen LogP contribution in [0.5, 0.6) is 0 Å². The fourth-order valence-electron chi connectivity index (χ4n) is 0.926. The van der Waals surface area contributed by atoms with E-state index in [-0.39, 0.29) is 12.5 Å². The topological polar surface area (TPSA) is 20.2 Å². The lowest BCUT2D eigenvalue weighted by Crippen LogP contribution is -1.99. The van der Waals surface area contributed by atoms with Gasteiger partial charge in [0.1, 0.15) is 0 Å². The van der Waals surface area contributed by atoms with Crippen LogP contribution < -0.4 is 0 Å². The average molecular weight is 204 g/mol. The molecule has 0 aliphatic rings. The van der Waals surface area contributed by atoms with Crippen LogP contribution in [0.15, 0.2) is 18.2 Å². The van der Waals surface area contributed by atoms with Crippen molar-refractivity contribution in [2.24, 2.45) is 0 Å². The molecule has 0 heterocycles. The van der Waals surface area contributed by atoms with Gasteiger partial charge < -0.3 is 5.11 Å². The quantitative estimate of drug-likeness (QED) is 0.785. The van der Waals surface area contributed by atoms with Crippen LogP contribution in [0.3, 0.4) is 0 Å². The van der Waals surface area contributed by atoms with E-state index in [1.165, 1.54) is 0 Å². The molecule has 0 aromatic heterocycles. The van der Waals surface area contributed by atoms with Gasteiger partial charge in [-0.25, -0.2) is 0 Å². The lowest BCUT2D eigenvalue weighted by molar-refractivity contribution is 0.282. The molecule has 1 atom stereocenters. The molecule has 1 aromatic carbocycles. The van der Waals surface area contributed by atoms with Gasteiger partial charge >= 0.3 is 0 Å². The van der Waals surface area contributed by atoms with E-state index in [2.05, 4.69) is 6.92 Å². The summed E-state index contributed by atoms with van der Waals surface area (Å²) in [5, 5.41) is 10.0. The second-order valence-corrected chi connectivity index (χ2v) is 3.39. The van der Waals surface area contributed by atoms with Gasteiger partial charge in [0.25, 0.3) is 0 Å². The van der Waals surface area contributed by atoms with Crippen molar-refractivity contribution in [3.8, 4) is 0 Å². The van der Waals surface area contributed by atoms with Crippen LogP contribution in [0, 0.1) is 6.92 Å². The molecule has 0 aliphatic heterocycles. The number of halogens is 2. The molecule has 0 saturated heterocycles. The summed E-state index contributed by atoms with van der Waals surface area (Å²) in [4.78, 5) is 0. The van der Waals surface area contributed by atoms with E-state index < -0.39 is 0 Å². The Kier molecular flexibility index (Phi) is 3.39. The van der Waals surface area contributed by atoms with Gasteiger partial charge in [-0.15, -0.1) is 0 Å². The monoisotopic (exact) mass is 203 g/mol. The van der Waals surface area contributed by atoms with Crippen molar-refractivity contribution in [2.45, 2.75) is 5.92 Å². The SMILES string of the molecule is [CH2]C(CO)c1cc(Cl)ccc1Cl. The summed E-state index contributed by atoms with van der Waals surface area (Å²) in [5.74, 6) is -0.212. The van der Waals surface area contributed by atoms with Crippen molar-refractivity contribution in [2.75, 3.05) is 6.61 Å². The van der Waals surface area contributed by atoms with Crippen LogP contribution in [0.25, 0.3) is 0 Å². The Bertz CT molecular complexity index is 273. The third-order valence-electron chi connectivity index (χ3n) is 1.62. The highest BCUT2D eigenvalue weighted by molar-refractivity contribution is 6.33. The maximum absolute atomic E-state index is 8.84. The van der Waals surface area contributed by atoms with Gasteiger partial charge in [0, 0.05) is 22.6 Å². The predicted molar refractivity (Wildman–Crippen MR) is 51.6 cm³/mol. The highest BCUT2D eigenvalue weighted by Gasteiger charge is 2.08. The van der Waals surface area contributed by atoms with Crippen molar-refractivity contribution in [1.29, 1.82) is 0 Å². The van der Waals surface area contributed by atoms with E-state index in [9.17, 15) is 0 Å². The van der Waals surface area contributed by atoms with E-state index in [0.29, 0.717) is 10.0 Å². The molecular formula is C9H9Cl2O. The molecule has 0 saturated carbocycles. The van der Waals surface area contributed by atoms with Gasteiger partial charge in [0.2, 0.25) is 0 Å². The summed E-state index contributed by atoms with van der Waals surface area (Å²) in [6.07, 6.45) is 0. The Hall–Kier alpha value is -0.240. The number of benzene rings is 1. The van der Waals surface area contributed by atoms with Crippen LogP contribution in [0.4, 0.5) is 0 Å². The molecule has 0 aliphatic carbocycles. The normalized spacial score (nSPS) is 13.0. The largest absolute Gasteiger partial charge is 0.396 e. The molecule has 1 rings (SSSR count). The summed E-state index contributed by atoms with van der Waals surface area (Å²) < 4.78 is 0. The first-order valence-corrected chi connectivity index (χ1v) is 4.29. The third-order valence-corrected chi connectivity index (χ3v) is 2.20. The van der Waals surface area contributed by atoms with E-state index >= 15 is 0 Å². The molecule has 1 N–H and O–H groups in total. The standard InChI is InChI=1S/C9H9Cl2O/c1-6(5-12)8-4-7(10)2-3-9(8)11/h2-4,6,12H,1,5H2. The van der Waals surface area contributed by atoms with Crippen molar-refractivity contribution in [3.63, 3.8) is 0 Å². The molecule has 0 bridgehead atoms. The van der Waals surface area contributed by atoms with Crippen molar-refractivity contribution in [1.82, 2.24) is 0 Å². The first-order valence-electron chi connectivity index (χ1n) is 3.54. The van der Waals surface area contributed by atoms with Crippen LogP contribution in [-0.2, 0) is 0 Å². The summed E-state index contributed by atoms with van der Waals surface area (Å²) in [6, 6.07) is 5.13. The Morgan fingerprint density at radius 3 is 2.67 bits per heavy atom. The number of aliphatic hydroxyl groups excluding tert-OH is 1. The Morgan fingerprint density at radius 1 is 1.42 bits per heavy atom. The van der Waals surface area contributed by atoms with Gasteiger partial charge in [0.05, 0.1) is 0 Å². The second kappa shape index (κ2) is 4.13. The maximum Gasteiger partial charge on any atom is 0.0500 e. The molecule has 65 valence electrons. The van der Waals surface area contributed by atoms with E-state index in [4.69, 9.17) is 28.3 Å². The maximum atomic E-state index is 8.84. The minimum atomic E-state index is -0.212. The number of hydrogen-bond donors (Lipinski definition) is 1. The zero-order chi connectivity index (χ0) is 9.14. The zero-order valence-corrected chi connectivity index (χ0v) is 7.94. The molecule has 0 fully saturated rings. The predicted octanol–water partition coefficient (Wildman–Crippen LogP) is 2.90. The highest BCUT2D eigenvalue weighted by atomic mass is 35.5. The second-order valence-electron chi connectivity index (χ2n) is 2.55. The Balaban J connectivity index is 3.04. The lowest BCUT2D eigenvalue weighted by Gasteiger charge is -2.10. The molecule has 1 nitrogen and oxygen atoms in total. The van der Waals surface area contributed by atoms with Crippen molar-refractivity contribution in [3.05, 3.63) is 40.7 Å². The summed E-state index contributed by atoms with van der Waals surface area (Å²) in [5.41, 5.74) is 0.784. The fraction of sp³-hybridized carbons (Fsp3) is 0.222. The molecule has 1 unspecified atom stereocenters. The molecule has 12 heavy (non-hydrogen) atoms. The molecular weight excluding hydrogens is 195 g/mol. The van der Waals surface area contributed by atoms with E-state index in [1.807, 2.05) is 0 Å².